The van der Waals surface area contributed by atoms with Crippen LogP contribution in [0, 0.1) is 0 Å². The number of ether oxygens (including phenoxy) is 1. The Morgan fingerprint density at radius 1 is 0.935 bits per heavy atom. The Hall–Kier alpha value is -3.44. The first kappa shape index (κ1) is 20.8. The van der Waals surface area contributed by atoms with Crippen molar-refractivity contribution in [3.05, 3.63) is 101 Å². The van der Waals surface area contributed by atoms with Gasteiger partial charge in [0.15, 0.2) is 5.78 Å². The Bertz CT molecular complexity index is 1050. The van der Waals surface area contributed by atoms with Crippen molar-refractivity contribution in [3.63, 3.8) is 0 Å². The number of carbonyl (C=O) groups excluding carboxylic acids is 2. The van der Waals surface area contributed by atoms with E-state index in [0.717, 1.165) is 19.5 Å². The van der Waals surface area contributed by atoms with Gasteiger partial charge in [-0.3, -0.25) is 9.59 Å². The average Bonchev–Trinajstić information content (AvgIpc) is 2.84. The topological polar surface area (TPSA) is 58.6 Å². The van der Waals surface area contributed by atoms with Crippen LogP contribution < -0.4 is 10.1 Å². The molecular weight excluding hydrogens is 388 g/mol. The molecule has 0 radical (unpaired) electrons. The molecule has 1 aliphatic heterocycles. The number of carbonyl (C=O) groups is 2. The molecule has 0 spiro atoms. The molecule has 31 heavy (non-hydrogen) atoms. The molecular formula is C26H26N2O3. The molecule has 1 fully saturated rings. The van der Waals surface area contributed by atoms with E-state index in [1.165, 1.54) is 5.56 Å². The van der Waals surface area contributed by atoms with Crippen molar-refractivity contribution in [2.24, 2.45) is 0 Å². The molecule has 1 N–H and O–H groups in total. The van der Waals surface area contributed by atoms with Crippen LogP contribution in [0.15, 0.2) is 78.9 Å². The number of amides is 1. The summed E-state index contributed by atoms with van der Waals surface area (Å²) < 4.78 is 5.18. The lowest BCUT2D eigenvalue weighted by Gasteiger charge is -2.36. The number of nitrogens with one attached hydrogen (secondary N) is 1. The van der Waals surface area contributed by atoms with Crippen molar-refractivity contribution >= 4 is 11.7 Å². The summed E-state index contributed by atoms with van der Waals surface area (Å²) in [4.78, 5) is 28.7. The lowest BCUT2D eigenvalue weighted by molar-refractivity contribution is 0.0633. The van der Waals surface area contributed by atoms with Gasteiger partial charge in [-0.1, -0.05) is 48.5 Å². The summed E-state index contributed by atoms with van der Waals surface area (Å²) in [6.07, 6.45) is 0.772. The average molecular weight is 415 g/mol. The van der Waals surface area contributed by atoms with E-state index >= 15 is 0 Å². The first-order chi connectivity index (χ1) is 15.2. The normalized spacial score (nSPS) is 16.0. The highest BCUT2D eigenvalue weighted by Crippen LogP contribution is 2.21. The standard InChI is InChI=1S/C26H26N2O3/c1-31-22-13-11-20(12-14-22)25(29)23-9-5-6-10-24(23)26(30)28-16-15-27-18-21(28)17-19-7-3-2-4-8-19/h2-14,21,27H,15-18H2,1H3. The molecule has 0 bridgehead atoms. The quantitative estimate of drug-likeness (QED) is 0.627. The van der Waals surface area contributed by atoms with Crippen LogP contribution >= 0.6 is 0 Å². The summed E-state index contributed by atoms with van der Waals surface area (Å²) in [5, 5.41) is 3.39. The maximum atomic E-state index is 13.6. The lowest BCUT2D eigenvalue weighted by Crippen LogP contribution is -2.54. The molecule has 0 aliphatic carbocycles. The minimum Gasteiger partial charge on any atom is -0.497 e. The first-order valence-corrected chi connectivity index (χ1v) is 10.5. The molecule has 1 amide bonds. The van der Waals surface area contributed by atoms with Gasteiger partial charge in [-0.05, 0) is 42.3 Å². The van der Waals surface area contributed by atoms with Crippen molar-refractivity contribution in [1.82, 2.24) is 10.2 Å². The molecule has 1 unspecified atom stereocenters. The third-order valence-corrected chi connectivity index (χ3v) is 5.68. The molecule has 0 aromatic heterocycles. The SMILES string of the molecule is COc1ccc(C(=O)c2ccccc2C(=O)N2CCNCC2Cc2ccccc2)cc1. The second kappa shape index (κ2) is 9.58. The Morgan fingerprint density at radius 3 is 2.32 bits per heavy atom. The molecule has 1 heterocycles. The largest absolute Gasteiger partial charge is 0.497 e. The first-order valence-electron chi connectivity index (χ1n) is 10.5. The summed E-state index contributed by atoms with van der Waals surface area (Å²) in [6, 6.07) is 24.3. The number of rotatable bonds is 6. The number of methoxy groups -OCH3 is 1. The van der Waals surface area contributed by atoms with Gasteiger partial charge in [0.25, 0.3) is 5.91 Å². The van der Waals surface area contributed by atoms with Crippen LogP contribution in [0.4, 0.5) is 0 Å². The van der Waals surface area contributed by atoms with Crippen molar-refractivity contribution < 1.29 is 14.3 Å². The number of hydrogen-bond acceptors (Lipinski definition) is 4. The summed E-state index contributed by atoms with van der Waals surface area (Å²) in [7, 11) is 1.59. The summed E-state index contributed by atoms with van der Waals surface area (Å²) >= 11 is 0. The third kappa shape index (κ3) is 4.67. The van der Waals surface area contributed by atoms with Gasteiger partial charge in [-0.25, -0.2) is 0 Å². The van der Waals surface area contributed by atoms with E-state index < -0.39 is 0 Å². The van der Waals surface area contributed by atoms with Crippen LogP contribution in [0.25, 0.3) is 0 Å². The highest BCUT2D eigenvalue weighted by molar-refractivity contribution is 6.15. The number of hydrogen-bond donors (Lipinski definition) is 1. The monoisotopic (exact) mass is 414 g/mol. The Labute approximate surface area is 182 Å². The fourth-order valence-electron chi connectivity index (χ4n) is 4.02. The van der Waals surface area contributed by atoms with Gasteiger partial charge in [0.2, 0.25) is 0 Å². The van der Waals surface area contributed by atoms with Crippen LogP contribution in [-0.2, 0) is 6.42 Å². The molecule has 3 aromatic carbocycles. The third-order valence-electron chi connectivity index (χ3n) is 5.68. The minimum atomic E-state index is -0.165. The zero-order chi connectivity index (χ0) is 21.6. The summed E-state index contributed by atoms with van der Waals surface area (Å²) in [5.74, 6) is 0.423. The van der Waals surface area contributed by atoms with Crippen molar-refractivity contribution in [2.45, 2.75) is 12.5 Å². The fourth-order valence-corrected chi connectivity index (χ4v) is 4.02. The zero-order valence-corrected chi connectivity index (χ0v) is 17.6. The molecule has 1 atom stereocenters. The smallest absolute Gasteiger partial charge is 0.254 e. The predicted molar refractivity (Wildman–Crippen MR) is 121 cm³/mol. The molecule has 5 nitrogen and oxygen atoms in total. The van der Waals surface area contributed by atoms with Crippen molar-refractivity contribution in [2.75, 3.05) is 26.7 Å². The van der Waals surface area contributed by atoms with Crippen LogP contribution in [0.5, 0.6) is 5.75 Å². The zero-order valence-electron chi connectivity index (χ0n) is 17.6. The second-order valence-corrected chi connectivity index (χ2v) is 7.65. The van der Waals surface area contributed by atoms with Crippen molar-refractivity contribution in [1.29, 1.82) is 0 Å². The van der Waals surface area contributed by atoms with Gasteiger partial charge in [0.05, 0.1) is 12.7 Å². The molecule has 0 saturated carbocycles. The molecule has 5 heteroatoms. The van der Waals surface area contributed by atoms with Gasteiger partial charge in [-0.2, -0.15) is 0 Å². The molecule has 4 rings (SSSR count). The second-order valence-electron chi connectivity index (χ2n) is 7.65. The van der Waals surface area contributed by atoms with E-state index in [4.69, 9.17) is 4.74 Å². The van der Waals surface area contributed by atoms with E-state index in [-0.39, 0.29) is 17.7 Å². The van der Waals surface area contributed by atoms with E-state index in [1.54, 1.807) is 49.6 Å². The maximum absolute atomic E-state index is 13.6. The molecule has 158 valence electrons. The van der Waals surface area contributed by atoms with Gasteiger partial charge >= 0.3 is 0 Å². The van der Waals surface area contributed by atoms with E-state index in [0.29, 0.717) is 29.0 Å². The van der Waals surface area contributed by atoms with Crippen LogP contribution in [-0.4, -0.2) is 49.4 Å². The van der Waals surface area contributed by atoms with Gasteiger partial charge < -0.3 is 15.0 Å². The van der Waals surface area contributed by atoms with Gasteiger partial charge in [-0.15, -0.1) is 0 Å². The fraction of sp³-hybridized carbons (Fsp3) is 0.231. The van der Waals surface area contributed by atoms with Crippen LogP contribution in [0.3, 0.4) is 0 Å². The van der Waals surface area contributed by atoms with Gasteiger partial charge in [0.1, 0.15) is 5.75 Å². The summed E-state index contributed by atoms with van der Waals surface area (Å²) in [6.45, 7) is 2.09. The lowest BCUT2D eigenvalue weighted by atomic mass is 9.96. The van der Waals surface area contributed by atoms with E-state index in [9.17, 15) is 9.59 Å². The van der Waals surface area contributed by atoms with E-state index in [1.807, 2.05) is 29.2 Å². The van der Waals surface area contributed by atoms with Crippen LogP contribution in [0.1, 0.15) is 31.8 Å². The Morgan fingerprint density at radius 2 is 1.61 bits per heavy atom. The molecule has 1 aliphatic rings. The minimum absolute atomic E-state index is 0.0350. The number of piperazine rings is 1. The number of ketones is 1. The number of nitrogens with zero attached hydrogens (tertiary/aromatic N) is 1. The highest BCUT2D eigenvalue weighted by Gasteiger charge is 2.29. The Balaban J connectivity index is 1.61. The maximum Gasteiger partial charge on any atom is 0.254 e. The Kier molecular flexibility index (Phi) is 6.43. The predicted octanol–water partition coefficient (Wildman–Crippen LogP) is 3.58. The van der Waals surface area contributed by atoms with Crippen LogP contribution in [0.2, 0.25) is 0 Å². The highest BCUT2D eigenvalue weighted by atomic mass is 16.5. The van der Waals surface area contributed by atoms with Gasteiger partial charge in [0, 0.05) is 36.8 Å². The number of benzene rings is 3. The summed E-state index contributed by atoms with van der Waals surface area (Å²) in [5.41, 5.74) is 2.59. The van der Waals surface area contributed by atoms with Crippen molar-refractivity contribution in [3.8, 4) is 5.75 Å². The molecule has 1 saturated heterocycles. The molecule has 3 aromatic rings. The van der Waals surface area contributed by atoms with E-state index in [2.05, 4.69) is 17.4 Å².